The fraction of sp³-hybridized carbons (Fsp3) is 0.568. The van der Waals surface area contributed by atoms with Crippen molar-refractivity contribution in [2.75, 3.05) is 33.2 Å². The molecular weight excluding hydrogens is 828 g/mol. The Morgan fingerprint density at radius 3 is 2.63 bits per heavy atom. The third kappa shape index (κ3) is 11.3. The first-order valence-corrected chi connectivity index (χ1v) is 22.7. The summed E-state index contributed by atoms with van der Waals surface area (Å²) in [5.74, 6) is -1.42. The highest BCUT2D eigenvalue weighted by molar-refractivity contribution is 8.77. The van der Waals surface area contributed by atoms with Gasteiger partial charge < -0.3 is 33.9 Å². The van der Waals surface area contributed by atoms with Gasteiger partial charge in [0.05, 0.1) is 30.5 Å². The van der Waals surface area contributed by atoms with Crippen LogP contribution >= 0.6 is 33.2 Å². The average molecular weight is 888 g/mol. The van der Waals surface area contributed by atoms with Gasteiger partial charge in [-0.3, -0.25) is 19.7 Å². The number of allylic oxidation sites excluding steroid dienone is 3. The molecule has 13 nitrogen and oxygen atoms in total. The molecule has 1 aromatic carbocycles. The molecular formula is C44H59ClN4O9S2. The highest BCUT2D eigenvalue weighted by atomic mass is 35.5. The van der Waals surface area contributed by atoms with Gasteiger partial charge in [-0.05, 0) is 88.1 Å². The normalized spacial score (nSPS) is 27.8. The Labute approximate surface area is 366 Å². The van der Waals surface area contributed by atoms with E-state index in [-0.39, 0.29) is 53.1 Å². The standard InChI is InChI=1S/C44H59ClN4O9S2/c1-26-14-13-15-35(56-10)44(54)25-34(57-41(53)47-44)27(2)40-43(6,58-40)30(24-38(52)49(8)31-21-29(20-26)22-33(55-9)39(31)45)23-32(50)28(3)48(7)37(51)17-18-42(4,5)60-59-36-16-11-12-19-46-36/h11-16,19,21-22,27-28,30,34-35,40,54H,17-18,20,23-25H2,1-10H3,(H,47,53). The van der Waals surface area contributed by atoms with E-state index in [1.165, 1.54) is 24.0 Å². The second kappa shape index (κ2) is 19.6. The summed E-state index contributed by atoms with van der Waals surface area (Å²) in [6.07, 6.45) is 5.10. The average Bonchev–Trinajstić information content (AvgIpc) is 3.91. The Kier molecular flexibility index (Phi) is 15.5. The maximum Gasteiger partial charge on any atom is 0.409 e. The van der Waals surface area contributed by atoms with Crippen LogP contribution in [0.3, 0.4) is 0 Å². The van der Waals surface area contributed by atoms with Gasteiger partial charge in [0.2, 0.25) is 11.8 Å². The van der Waals surface area contributed by atoms with Crippen molar-refractivity contribution in [3.05, 3.63) is 70.9 Å². The van der Waals surface area contributed by atoms with Crippen LogP contribution in [0.4, 0.5) is 10.5 Å². The van der Waals surface area contributed by atoms with Gasteiger partial charge in [-0.2, -0.15) is 0 Å². The molecule has 4 heterocycles. The van der Waals surface area contributed by atoms with Gasteiger partial charge in [-0.1, -0.05) is 59.2 Å². The molecule has 2 fully saturated rings. The quantitative estimate of drug-likeness (QED) is 0.159. The molecule has 0 radical (unpaired) electrons. The van der Waals surface area contributed by atoms with Crippen LogP contribution in [0.25, 0.3) is 0 Å². The zero-order valence-electron chi connectivity index (χ0n) is 36.2. The second-order valence-corrected chi connectivity index (χ2v) is 20.2. The number of hydrogen-bond acceptors (Lipinski definition) is 12. The molecule has 3 amide bonds. The number of likely N-dealkylation sites (N-methyl/N-ethyl adjacent to an activating group) is 1. The summed E-state index contributed by atoms with van der Waals surface area (Å²) < 4.78 is 23.2. The lowest BCUT2D eigenvalue weighted by molar-refractivity contribution is -0.142. The summed E-state index contributed by atoms with van der Waals surface area (Å²) in [5.41, 5.74) is -0.590. The number of Topliss-reactive ketones (excluding diaryl/α,β-unsaturated/α-hetero) is 1. The molecule has 3 aliphatic heterocycles. The first-order chi connectivity index (χ1) is 28.2. The number of methoxy groups -OCH3 is 2. The number of aliphatic hydroxyl groups is 1. The van der Waals surface area contributed by atoms with E-state index < -0.39 is 53.6 Å². The Balaban J connectivity index is 1.41. The number of carbonyl (C=O) groups excluding carboxylic acids is 4. The van der Waals surface area contributed by atoms with Crippen LogP contribution in [0.2, 0.25) is 5.02 Å². The van der Waals surface area contributed by atoms with Crippen LogP contribution in [0.1, 0.15) is 79.2 Å². The van der Waals surface area contributed by atoms with Gasteiger partial charge in [0, 0.05) is 69.7 Å². The molecule has 4 bridgehead atoms. The lowest BCUT2D eigenvalue weighted by atomic mass is 9.77. The van der Waals surface area contributed by atoms with Gasteiger partial charge in [0.25, 0.3) is 0 Å². The monoisotopic (exact) mass is 886 g/mol. The summed E-state index contributed by atoms with van der Waals surface area (Å²) in [5, 5.41) is 15.5. The number of pyridine rings is 1. The molecule has 60 heavy (non-hydrogen) atoms. The molecule has 8 unspecified atom stereocenters. The third-order valence-electron chi connectivity index (χ3n) is 12.0. The van der Waals surface area contributed by atoms with E-state index in [4.69, 9.17) is 30.5 Å². The third-order valence-corrected chi connectivity index (χ3v) is 15.6. The molecule has 5 rings (SSSR count). The van der Waals surface area contributed by atoms with Crippen LogP contribution in [0.15, 0.2) is 65.4 Å². The number of benzene rings is 1. The first-order valence-electron chi connectivity index (χ1n) is 20.2. The molecule has 0 saturated carbocycles. The maximum atomic E-state index is 14.4. The molecule has 0 aliphatic carbocycles. The molecule has 2 aromatic rings. The number of ketones is 1. The molecule has 16 heteroatoms. The van der Waals surface area contributed by atoms with Crippen molar-refractivity contribution >= 4 is 62.6 Å². The number of amides is 3. The first kappa shape index (κ1) is 47.4. The summed E-state index contributed by atoms with van der Waals surface area (Å²) in [6, 6.07) is 8.61. The number of fused-ring (bicyclic) bond motifs is 5. The fourth-order valence-corrected chi connectivity index (χ4v) is 10.4. The summed E-state index contributed by atoms with van der Waals surface area (Å²) >= 11 is 6.84. The van der Waals surface area contributed by atoms with Gasteiger partial charge in [0.15, 0.2) is 11.5 Å². The lowest BCUT2D eigenvalue weighted by Crippen LogP contribution is -2.63. The maximum absolute atomic E-state index is 14.4. The summed E-state index contributed by atoms with van der Waals surface area (Å²) in [4.78, 5) is 62.4. The number of halogens is 1. The van der Waals surface area contributed by atoms with Crippen molar-refractivity contribution < 1.29 is 43.2 Å². The van der Waals surface area contributed by atoms with Crippen molar-refractivity contribution in [2.45, 2.75) is 126 Å². The number of carbonyl (C=O) groups is 4. The van der Waals surface area contributed by atoms with E-state index >= 15 is 0 Å². The minimum atomic E-state index is -1.81. The number of hydrogen-bond donors (Lipinski definition) is 2. The number of nitrogens with one attached hydrogen (secondary N) is 1. The zero-order valence-corrected chi connectivity index (χ0v) is 38.5. The van der Waals surface area contributed by atoms with Crippen LogP contribution in [-0.4, -0.2) is 107 Å². The van der Waals surface area contributed by atoms with Crippen LogP contribution in [0, 0.1) is 11.8 Å². The highest BCUT2D eigenvalue weighted by Gasteiger charge is 2.63. The number of rotatable bonds is 12. The van der Waals surface area contributed by atoms with Crippen molar-refractivity contribution in [1.29, 1.82) is 0 Å². The topological polar surface area (TPSA) is 160 Å². The van der Waals surface area contributed by atoms with Gasteiger partial charge in [-0.25, -0.2) is 9.78 Å². The van der Waals surface area contributed by atoms with Crippen molar-refractivity contribution in [1.82, 2.24) is 15.2 Å². The molecule has 0 spiro atoms. The Bertz CT molecular complexity index is 1970. The smallest absolute Gasteiger partial charge is 0.409 e. The lowest BCUT2D eigenvalue weighted by Gasteiger charge is -2.42. The van der Waals surface area contributed by atoms with Gasteiger partial charge in [0.1, 0.15) is 28.0 Å². The van der Waals surface area contributed by atoms with Crippen molar-refractivity contribution in [3.8, 4) is 5.75 Å². The minimum Gasteiger partial charge on any atom is -0.495 e. The van der Waals surface area contributed by atoms with Crippen molar-refractivity contribution in [3.63, 3.8) is 0 Å². The second-order valence-electron chi connectivity index (χ2n) is 16.9. The van der Waals surface area contributed by atoms with Crippen LogP contribution in [-0.2, 0) is 35.0 Å². The number of aromatic nitrogens is 1. The number of anilines is 1. The fourth-order valence-electron chi connectivity index (χ4n) is 7.87. The van der Waals surface area contributed by atoms with Gasteiger partial charge >= 0.3 is 6.09 Å². The van der Waals surface area contributed by atoms with Crippen LogP contribution in [0.5, 0.6) is 5.75 Å². The Hall–Kier alpha value is -3.60. The molecule has 2 saturated heterocycles. The molecule has 8 atom stereocenters. The Morgan fingerprint density at radius 2 is 1.97 bits per heavy atom. The van der Waals surface area contributed by atoms with E-state index in [1.54, 1.807) is 61.0 Å². The SMILES string of the molecule is COc1cc2cc(c1Cl)N(C)C(=O)CC(CC(=O)C(C)N(C)C(=O)CCC(C)(C)SSc1ccccn1)C1(C)OC1C(C)C1CC(O)(NC(=O)O1)C(OC)C=CC=C(C)C2. The number of alkyl carbamates (subject to hydrolysis) is 1. The molecule has 328 valence electrons. The van der Waals surface area contributed by atoms with E-state index in [2.05, 4.69) is 24.1 Å². The van der Waals surface area contributed by atoms with Crippen molar-refractivity contribution in [2.24, 2.45) is 11.8 Å². The molecule has 3 aliphatic rings. The predicted molar refractivity (Wildman–Crippen MR) is 235 cm³/mol. The number of epoxide rings is 1. The molecule has 1 aromatic heterocycles. The highest BCUT2D eigenvalue weighted by Crippen LogP contribution is 2.52. The number of nitrogens with zero attached hydrogens (tertiary/aromatic N) is 3. The minimum absolute atomic E-state index is 0.0160. The van der Waals surface area contributed by atoms with E-state index in [9.17, 15) is 24.3 Å². The Morgan fingerprint density at radius 1 is 1.23 bits per heavy atom. The summed E-state index contributed by atoms with van der Waals surface area (Å²) in [6.45, 7) is 11.5. The van der Waals surface area contributed by atoms with Crippen LogP contribution < -0.4 is 15.0 Å². The van der Waals surface area contributed by atoms with E-state index in [1.807, 2.05) is 57.2 Å². The largest absolute Gasteiger partial charge is 0.495 e. The van der Waals surface area contributed by atoms with E-state index in [0.29, 0.717) is 24.3 Å². The summed E-state index contributed by atoms with van der Waals surface area (Å²) in [7, 11) is 9.44. The zero-order chi connectivity index (χ0) is 44.2. The predicted octanol–water partition coefficient (Wildman–Crippen LogP) is 7.57. The van der Waals surface area contributed by atoms with Gasteiger partial charge in [-0.15, -0.1) is 0 Å². The number of ether oxygens (including phenoxy) is 4. The van der Waals surface area contributed by atoms with E-state index in [0.717, 1.165) is 16.2 Å². The molecule has 2 N–H and O–H groups in total.